The molecule has 1 amide bonds. The van der Waals surface area contributed by atoms with Gasteiger partial charge in [-0.05, 0) is 24.6 Å². The number of carbonyl (C=O) groups is 2. The fourth-order valence-corrected chi connectivity index (χ4v) is 2.87. The van der Waals surface area contributed by atoms with E-state index in [1.807, 2.05) is 49.4 Å². The number of ether oxygens (including phenoxy) is 1. The smallest absolute Gasteiger partial charge is 0.407 e. The molecule has 2 aromatic rings. The van der Waals surface area contributed by atoms with Crippen molar-refractivity contribution in [3.63, 3.8) is 0 Å². The molecule has 0 spiro atoms. The maximum absolute atomic E-state index is 11.9. The first-order valence-corrected chi connectivity index (χ1v) is 7.61. The fourth-order valence-electron chi connectivity index (χ4n) is 1.95. The Labute approximate surface area is 132 Å². The third-order valence-electron chi connectivity index (χ3n) is 2.99. The van der Waals surface area contributed by atoms with Gasteiger partial charge in [0.1, 0.15) is 6.61 Å². The van der Waals surface area contributed by atoms with Gasteiger partial charge in [-0.1, -0.05) is 30.3 Å². The second-order valence-corrected chi connectivity index (χ2v) is 6.12. The van der Waals surface area contributed by atoms with Crippen LogP contribution in [0.15, 0.2) is 42.5 Å². The number of aryl methyl sites for hydroxylation is 1. The summed E-state index contributed by atoms with van der Waals surface area (Å²) in [5.41, 5.74) is 0.874. The number of carbonyl (C=O) groups excluding carboxylic acids is 1. The first kappa shape index (κ1) is 16.0. The van der Waals surface area contributed by atoms with Gasteiger partial charge in [0.15, 0.2) is 0 Å². The quantitative estimate of drug-likeness (QED) is 0.854. The van der Waals surface area contributed by atoms with Crippen LogP contribution in [0.2, 0.25) is 0 Å². The van der Waals surface area contributed by atoms with E-state index in [1.165, 1.54) is 11.3 Å². The van der Waals surface area contributed by atoms with E-state index in [9.17, 15) is 9.59 Å². The van der Waals surface area contributed by atoms with E-state index < -0.39 is 18.1 Å². The zero-order chi connectivity index (χ0) is 15.9. The van der Waals surface area contributed by atoms with Gasteiger partial charge in [-0.2, -0.15) is 0 Å². The molecule has 0 aliphatic rings. The summed E-state index contributed by atoms with van der Waals surface area (Å²) in [5, 5.41) is 11.6. The maximum atomic E-state index is 11.9. The third-order valence-corrected chi connectivity index (χ3v) is 4.10. The Kier molecular flexibility index (Phi) is 5.55. The molecule has 116 valence electrons. The molecule has 0 bridgehead atoms. The zero-order valence-corrected chi connectivity index (χ0v) is 12.9. The SMILES string of the molecule is Cc1ccc([C@@H](CC(=O)O)NC(=O)OCc2ccccc2)s1. The topological polar surface area (TPSA) is 75.6 Å². The van der Waals surface area contributed by atoms with Crippen molar-refractivity contribution in [2.24, 2.45) is 0 Å². The minimum Gasteiger partial charge on any atom is -0.481 e. The van der Waals surface area contributed by atoms with Crippen LogP contribution < -0.4 is 5.32 Å². The fraction of sp³-hybridized carbons (Fsp3) is 0.250. The highest BCUT2D eigenvalue weighted by Crippen LogP contribution is 2.25. The van der Waals surface area contributed by atoms with Crippen molar-refractivity contribution >= 4 is 23.4 Å². The van der Waals surface area contributed by atoms with Gasteiger partial charge in [-0.25, -0.2) is 4.79 Å². The van der Waals surface area contributed by atoms with Crippen LogP contribution in [0.1, 0.15) is 27.8 Å². The molecule has 6 heteroatoms. The van der Waals surface area contributed by atoms with Crippen LogP contribution >= 0.6 is 11.3 Å². The first-order chi connectivity index (χ1) is 10.5. The molecule has 0 fully saturated rings. The van der Waals surface area contributed by atoms with E-state index in [2.05, 4.69) is 5.32 Å². The standard InChI is InChI=1S/C16H17NO4S/c1-11-7-8-14(22-11)13(9-15(18)19)17-16(20)21-10-12-5-3-2-4-6-12/h2-8,13H,9-10H2,1H3,(H,17,20)(H,18,19)/t13-/m1/s1. The predicted octanol–water partition coefficient (Wildman–Crippen LogP) is 3.50. The summed E-state index contributed by atoms with van der Waals surface area (Å²) in [4.78, 5) is 24.7. The van der Waals surface area contributed by atoms with Crippen LogP contribution in [0.3, 0.4) is 0 Å². The third kappa shape index (κ3) is 4.89. The highest BCUT2D eigenvalue weighted by molar-refractivity contribution is 7.12. The van der Waals surface area contributed by atoms with E-state index in [-0.39, 0.29) is 13.0 Å². The van der Waals surface area contributed by atoms with Gasteiger partial charge < -0.3 is 15.2 Å². The van der Waals surface area contributed by atoms with Gasteiger partial charge in [0, 0.05) is 9.75 Å². The van der Waals surface area contributed by atoms with Crippen molar-refractivity contribution in [1.29, 1.82) is 0 Å². The van der Waals surface area contributed by atoms with E-state index in [1.54, 1.807) is 0 Å². The van der Waals surface area contributed by atoms with Gasteiger partial charge in [-0.3, -0.25) is 4.79 Å². The summed E-state index contributed by atoms with van der Waals surface area (Å²) in [5.74, 6) is -0.973. The summed E-state index contributed by atoms with van der Waals surface area (Å²) in [7, 11) is 0. The second-order valence-electron chi connectivity index (χ2n) is 4.80. The van der Waals surface area contributed by atoms with Crippen LogP contribution in [0.5, 0.6) is 0 Å². The summed E-state index contributed by atoms with van der Waals surface area (Å²) in [6.45, 7) is 2.08. The molecule has 1 heterocycles. The molecule has 0 saturated heterocycles. The number of nitrogens with one attached hydrogen (secondary N) is 1. The van der Waals surface area contributed by atoms with Crippen molar-refractivity contribution in [3.05, 3.63) is 57.8 Å². The average molecular weight is 319 g/mol. The molecule has 1 aromatic heterocycles. The highest BCUT2D eigenvalue weighted by Gasteiger charge is 2.20. The highest BCUT2D eigenvalue weighted by atomic mass is 32.1. The van der Waals surface area contributed by atoms with Crippen molar-refractivity contribution in [2.75, 3.05) is 0 Å². The molecule has 2 N–H and O–H groups in total. The zero-order valence-electron chi connectivity index (χ0n) is 12.1. The molecule has 0 saturated carbocycles. The Morgan fingerprint density at radius 2 is 1.95 bits per heavy atom. The molecule has 22 heavy (non-hydrogen) atoms. The number of benzene rings is 1. The van der Waals surface area contributed by atoms with Gasteiger partial charge in [0.05, 0.1) is 12.5 Å². The number of carboxylic acid groups (broad SMARTS) is 1. The number of hydrogen-bond acceptors (Lipinski definition) is 4. The average Bonchev–Trinajstić information content (AvgIpc) is 2.92. The lowest BCUT2D eigenvalue weighted by atomic mass is 10.2. The summed E-state index contributed by atoms with van der Waals surface area (Å²) >= 11 is 1.46. The van der Waals surface area contributed by atoms with E-state index in [4.69, 9.17) is 9.84 Å². The Hall–Kier alpha value is -2.34. The van der Waals surface area contributed by atoms with Crippen LogP contribution in [0.25, 0.3) is 0 Å². The number of hydrogen-bond donors (Lipinski definition) is 2. The van der Waals surface area contributed by atoms with Gasteiger partial charge in [0.2, 0.25) is 0 Å². The van der Waals surface area contributed by atoms with Crippen molar-refractivity contribution < 1.29 is 19.4 Å². The monoisotopic (exact) mass is 319 g/mol. The largest absolute Gasteiger partial charge is 0.481 e. The summed E-state index contributed by atoms with van der Waals surface area (Å²) in [6, 6.07) is 12.4. The number of amides is 1. The van der Waals surface area contributed by atoms with Crippen LogP contribution in [-0.2, 0) is 16.1 Å². The van der Waals surface area contributed by atoms with Crippen LogP contribution in [0, 0.1) is 6.92 Å². The number of thiophene rings is 1. The minimum atomic E-state index is -0.973. The van der Waals surface area contributed by atoms with Gasteiger partial charge in [-0.15, -0.1) is 11.3 Å². The molecule has 1 atom stereocenters. The molecule has 1 aromatic carbocycles. The van der Waals surface area contributed by atoms with Crippen molar-refractivity contribution in [3.8, 4) is 0 Å². The Balaban J connectivity index is 1.94. The Morgan fingerprint density at radius 3 is 2.55 bits per heavy atom. The lowest BCUT2D eigenvalue weighted by Gasteiger charge is -2.15. The number of aliphatic carboxylic acids is 1. The molecule has 5 nitrogen and oxygen atoms in total. The summed E-state index contributed by atoms with van der Waals surface area (Å²) < 4.78 is 5.13. The van der Waals surface area contributed by atoms with E-state index in [0.29, 0.717) is 0 Å². The number of carboxylic acids is 1. The van der Waals surface area contributed by atoms with E-state index >= 15 is 0 Å². The van der Waals surface area contributed by atoms with Crippen LogP contribution in [0.4, 0.5) is 4.79 Å². The molecule has 0 aliphatic heterocycles. The molecular weight excluding hydrogens is 302 g/mol. The lowest BCUT2D eigenvalue weighted by molar-refractivity contribution is -0.137. The Morgan fingerprint density at radius 1 is 1.23 bits per heavy atom. The molecule has 0 aliphatic carbocycles. The van der Waals surface area contributed by atoms with Crippen molar-refractivity contribution in [1.82, 2.24) is 5.32 Å². The predicted molar refractivity (Wildman–Crippen MR) is 83.8 cm³/mol. The van der Waals surface area contributed by atoms with E-state index in [0.717, 1.165) is 15.3 Å². The molecule has 2 rings (SSSR count). The van der Waals surface area contributed by atoms with Crippen LogP contribution in [-0.4, -0.2) is 17.2 Å². The maximum Gasteiger partial charge on any atom is 0.407 e. The first-order valence-electron chi connectivity index (χ1n) is 6.80. The lowest BCUT2D eigenvalue weighted by Crippen LogP contribution is -2.30. The minimum absolute atomic E-state index is 0.149. The molecule has 0 radical (unpaired) electrons. The van der Waals surface area contributed by atoms with Crippen molar-refractivity contribution in [2.45, 2.75) is 26.0 Å². The summed E-state index contributed by atoms with van der Waals surface area (Å²) in [6.07, 6.45) is -0.804. The molecular formula is C16H17NO4S. The van der Waals surface area contributed by atoms with Gasteiger partial charge >= 0.3 is 12.1 Å². The second kappa shape index (κ2) is 7.61. The molecule has 0 unspecified atom stereocenters. The van der Waals surface area contributed by atoms with Gasteiger partial charge in [0.25, 0.3) is 0 Å². The Bertz CT molecular complexity index is 639. The number of alkyl carbamates (subject to hydrolysis) is 1. The normalized spacial score (nSPS) is 11.7. The number of rotatable bonds is 6.